The van der Waals surface area contributed by atoms with E-state index in [1.54, 1.807) is 12.3 Å². The zero-order valence-electron chi connectivity index (χ0n) is 15.7. The van der Waals surface area contributed by atoms with E-state index in [1.807, 2.05) is 44.2 Å². The first-order chi connectivity index (χ1) is 13.1. The normalized spacial score (nSPS) is 15.4. The van der Waals surface area contributed by atoms with Gasteiger partial charge in [-0.05, 0) is 55.8 Å². The van der Waals surface area contributed by atoms with E-state index in [0.717, 1.165) is 43.4 Å². The van der Waals surface area contributed by atoms with Crippen LogP contribution in [0.15, 0.2) is 45.9 Å². The zero-order chi connectivity index (χ0) is 19.1. The number of rotatable bonds is 7. The van der Waals surface area contributed by atoms with Gasteiger partial charge in [-0.1, -0.05) is 0 Å². The van der Waals surface area contributed by atoms with Crippen molar-refractivity contribution in [3.63, 3.8) is 0 Å². The van der Waals surface area contributed by atoms with Crippen molar-refractivity contribution in [2.75, 3.05) is 26.3 Å². The van der Waals surface area contributed by atoms with Gasteiger partial charge in [0, 0.05) is 13.1 Å². The molecular weight excluding hydrogens is 346 g/mol. The van der Waals surface area contributed by atoms with E-state index >= 15 is 0 Å². The minimum Gasteiger partial charge on any atom is -0.491 e. The molecular formula is C20H25N3O4. The van der Waals surface area contributed by atoms with Gasteiger partial charge in [-0.25, -0.2) is 5.43 Å². The Hall–Kier alpha value is -2.64. The third kappa shape index (κ3) is 5.94. The summed E-state index contributed by atoms with van der Waals surface area (Å²) in [4.78, 5) is 14.4. The Morgan fingerprint density at radius 1 is 1.22 bits per heavy atom. The van der Waals surface area contributed by atoms with Crippen LogP contribution in [0.5, 0.6) is 5.75 Å². The Balaban J connectivity index is 1.49. The van der Waals surface area contributed by atoms with Crippen molar-refractivity contribution in [2.45, 2.75) is 26.5 Å². The minimum absolute atomic E-state index is 0.130. The van der Waals surface area contributed by atoms with Crippen LogP contribution in [-0.4, -0.2) is 49.4 Å². The van der Waals surface area contributed by atoms with Crippen LogP contribution in [0.3, 0.4) is 0 Å². The number of hydrazone groups is 1. The van der Waals surface area contributed by atoms with Crippen molar-refractivity contribution in [1.82, 2.24) is 10.3 Å². The Morgan fingerprint density at radius 3 is 2.67 bits per heavy atom. The summed E-state index contributed by atoms with van der Waals surface area (Å²) >= 11 is 0. The van der Waals surface area contributed by atoms with Gasteiger partial charge in [0.15, 0.2) is 5.76 Å². The first-order valence-electron chi connectivity index (χ1n) is 9.09. The third-order valence-electron chi connectivity index (χ3n) is 4.00. The van der Waals surface area contributed by atoms with E-state index in [-0.39, 0.29) is 17.8 Å². The van der Waals surface area contributed by atoms with E-state index in [1.165, 1.54) is 0 Å². The van der Waals surface area contributed by atoms with Crippen LogP contribution in [0.1, 0.15) is 35.7 Å². The molecule has 0 spiro atoms. The predicted octanol–water partition coefficient (Wildman–Crippen LogP) is 2.66. The molecule has 0 atom stereocenters. The number of furan rings is 1. The molecule has 1 aliphatic heterocycles. The molecule has 0 unspecified atom stereocenters. The van der Waals surface area contributed by atoms with Gasteiger partial charge in [-0.3, -0.25) is 9.69 Å². The largest absolute Gasteiger partial charge is 0.491 e. The van der Waals surface area contributed by atoms with Gasteiger partial charge in [0.05, 0.1) is 32.1 Å². The number of nitrogens with zero attached hydrogens (tertiary/aromatic N) is 2. The van der Waals surface area contributed by atoms with Crippen molar-refractivity contribution in [2.24, 2.45) is 5.10 Å². The lowest BCUT2D eigenvalue weighted by Crippen LogP contribution is -2.35. The average Bonchev–Trinajstić information content (AvgIpc) is 3.12. The first kappa shape index (κ1) is 19.1. The van der Waals surface area contributed by atoms with Crippen molar-refractivity contribution >= 4 is 12.1 Å². The molecule has 0 radical (unpaired) electrons. The first-order valence-corrected chi connectivity index (χ1v) is 9.09. The molecule has 1 aliphatic rings. The van der Waals surface area contributed by atoms with Crippen LogP contribution in [-0.2, 0) is 11.3 Å². The molecule has 1 fully saturated rings. The van der Waals surface area contributed by atoms with E-state index < -0.39 is 0 Å². The molecule has 1 aromatic heterocycles. The summed E-state index contributed by atoms with van der Waals surface area (Å²) in [7, 11) is 0. The molecule has 27 heavy (non-hydrogen) atoms. The molecule has 7 heteroatoms. The molecule has 1 aromatic carbocycles. The number of hydrogen-bond donors (Lipinski definition) is 1. The third-order valence-corrected chi connectivity index (χ3v) is 4.00. The zero-order valence-corrected chi connectivity index (χ0v) is 15.7. The molecule has 1 saturated heterocycles. The predicted molar refractivity (Wildman–Crippen MR) is 102 cm³/mol. The van der Waals surface area contributed by atoms with E-state index in [9.17, 15) is 4.79 Å². The lowest BCUT2D eigenvalue weighted by atomic mass is 10.2. The standard InChI is InChI=1S/C20H25N3O4/c1-15(2)26-17-5-3-16(4-6-17)13-21-22-20(24)19-8-7-18(27-19)14-23-9-11-25-12-10-23/h3-8,13,15H,9-12,14H2,1-2H3,(H,22,24)/b21-13-. The van der Waals surface area contributed by atoms with Crippen LogP contribution in [0.2, 0.25) is 0 Å². The van der Waals surface area contributed by atoms with Gasteiger partial charge in [0.25, 0.3) is 0 Å². The summed E-state index contributed by atoms with van der Waals surface area (Å²) in [6.07, 6.45) is 1.71. The van der Waals surface area contributed by atoms with Gasteiger partial charge in [0.1, 0.15) is 11.5 Å². The highest BCUT2D eigenvalue weighted by atomic mass is 16.5. The number of hydrogen-bond acceptors (Lipinski definition) is 6. The maximum Gasteiger partial charge on any atom is 0.307 e. The molecule has 144 valence electrons. The number of carbonyl (C=O) groups excluding carboxylic acids is 1. The van der Waals surface area contributed by atoms with Gasteiger partial charge in [-0.15, -0.1) is 0 Å². The Kier molecular flexibility index (Phi) is 6.62. The van der Waals surface area contributed by atoms with Gasteiger partial charge < -0.3 is 13.9 Å². The molecule has 7 nitrogen and oxygen atoms in total. The highest BCUT2D eigenvalue weighted by Gasteiger charge is 2.15. The SMILES string of the molecule is CC(C)Oc1ccc(/C=N\NC(=O)c2ccc(CN3CCOCC3)o2)cc1. The second kappa shape index (κ2) is 9.34. The highest BCUT2D eigenvalue weighted by molar-refractivity contribution is 5.92. The van der Waals surface area contributed by atoms with E-state index in [0.29, 0.717) is 6.54 Å². The lowest BCUT2D eigenvalue weighted by molar-refractivity contribution is 0.0311. The maximum absolute atomic E-state index is 12.1. The average molecular weight is 371 g/mol. The highest BCUT2D eigenvalue weighted by Crippen LogP contribution is 2.13. The molecule has 1 N–H and O–H groups in total. The fraction of sp³-hybridized carbons (Fsp3) is 0.400. The number of ether oxygens (including phenoxy) is 2. The number of carbonyl (C=O) groups is 1. The molecule has 0 aliphatic carbocycles. The number of morpholine rings is 1. The molecule has 2 heterocycles. The molecule has 2 aromatic rings. The van der Waals surface area contributed by atoms with E-state index in [2.05, 4.69) is 15.4 Å². The second-order valence-electron chi connectivity index (χ2n) is 6.59. The van der Waals surface area contributed by atoms with Crippen molar-refractivity contribution < 1.29 is 18.7 Å². The number of amides is 1. The van der Waals surface area contributed by atoms with Crippen LogP contribution in [0.4, 0.5) is 0 Å². The van der Waals surface area contributed by atoms with Crippen LogP contribution in [0.25, 0.3) is 0 Å². The fourth-order valence-corrected chi connectivity index (χ4v) is 2.69. The molecule has 0 saturated carbocycles. The smallest absolute Gasteiger partial charge is 0.307 e. The summed E-state index contributed by atoms with van der Waals surface area (Å²) in [5.74, 6) is 1.43. The van der Waals surface area contributed by atoms with Gasteiger partial charge >= 0.3 is 5.91 Å². The monoisotopic (exact) mass is 371 g/mol. The summed E-state index contributed by atoms with van der Waals surface area (Å²) in [5.41, 5.74) is 3.34. The van der Waals surface area contributed by atoms with Crippen molar-refractivity contribution in [1.29, 1.82) is 0 Å². The summed E-state index contributed by atoms with van der Waals surface area (Å²) in [6, 6.07) is 11.0. The Morgan fingerprint density at radius 2 is 1.96 bits per heavy atom. The minimum atomic E-state index is -0.376. The van der Waals surface area contributed by atoms with Crippen LogP contribution in [0, 0.1) is 0 Å². The van der Waals surface area contributed by atoms with Crippen molar-refractivity contribution in [3.05, 3.63) is 53.5 Å². The quantitative estimate of drug-likeness (QED) is 0.598. The fourth-order valence-electron chi connectivity index (χ4n) is 2.69. The van der Waals surface area contributed by atoms with Gasteiger partial charge in [0.2, 0.25) is 0 Å². The van der Waals surface area contributed by atoms with Crippen LogP contribution >= 0.6 is 0 Å². The topological polar surface area (TPSA) is 76.3 Å². The Labute approximate surface area is 158 Å². The second-order valence-corrected chi connectivity index (χ2v) is 6.59. The summed E-state index contributed by atoms with van der Waals surface area (Å²) in [5, 5.41) is 3.98. The molecule has 0 bridgehead atoms. The van der Waals surface area contributed by atoms with Crippen molar-refractivity contribution in [3.8, 4) is 5.75 Å². The van der Waals surface area contributed by atoms with Gasteiger partial charge in [-0.2, -0.15) is 5.10 Å². The Bertz CT molecular complexity index is 762. The lowest BCUT2D eigenvalue weighted by Gasteiger charge is -2.25. The number of benzene rings is 1. The number of nitrogens with one attached hydrogen (secondary N) is 1. The summed E-state index contributed by atoms with van der Waals surface area (Å²) in [6.45, 7) is 7.82. The summed E-state index contributed by atoms with van der Waals surface area (Å²) < 4.78 is 16.5. The van der Waals surface area contributed by atoms with Crippen LogP contribution < -0.4 is 10.2 Å². The molecule has 3 rings (SSSR count). The van der Waals surface area contributed by atoms with E-state index in [4.69, 9.17) is 13.9 Å². The maximum atomic E-state index is 12.1. The molecule has 1 amide bonds.